The van der Waals surface area contributed by atoms with Crippen LogP contribution in [0.2, 0.25) is 0 Å². The fourth-order valence-corrected chi connectivity index (χ4v) is 3.07. The van der Waals surface area contributed by atoms with Crippen LogP contribution in [0.4, 0.5) is 11.8 Å². The molecule has 118 valence electrons. The molecule has 6 nitrogen and oxygen atoms in total. The first-order valence-corrected chi connectivity index (χ1v) is 7.97. The van der Waals surface area contributed by atoms with Gasteiger partial charge in [-0.15, -0.1) is 0 Å². The van der Waals surface area contributed by atoms with E-state index < -0.39 is 0 Å². The van der Waals surface area contributed by atoms with Crippen LogP contribution >= 0.6 is 0 Å². The topological polar surface area (TPSA) is 77.4 Å². The molecule has 0 unspecified atom stereocenters. The van der Waals surface area contributed by atoms with Crippen molar-refractivity contribution < 1.29 is 5.11 Å². The summed E-state index contributed by atoms with van der Waals surface area (Å²) in [7, 11) is 0. The van der Waals surface area contributed by atoms with Gasteiger partial charge in [-0.05, 0) is 43.9 Å². The van der Waals surface area contributed by atoms with Gasteiger partial charge in [-0.25, -0.2) is 9.98 Å². The van der Waals surface area contributed by atoms with E-state index >= 15 is 0 Å². The third-order valence-corrected chi connectivity index (χ3v) is 4.29. The predicted molar refractivity (Wildman–Crippen MR) is 91.3 cm³/mol. The van der Waals surface area contributed by atoms with Gasteiger partial charge in [0.15, 0.2) is 5.82 Å². The molecule has 1 fully saturated rings. The van der Waals surface area contributed by atoms with Crippen molar-refractivity contribution in [3.05, 3.63) is 29.1 Å². The Bertz CT molecular complexity index is 799. The molecule has 0 radical (unpaired) electrons. The van der Waals surface area contributed by atoms with Crippen LogP contribution in [-0.4, -0.2) is 39.4 Å². The van der Waals surface area contributed by atoms with Crippen molar-refractivity contribution in [3.8, 4) is 5.88 Å². The maximum Gasteiger partial charge on any atom is 0.238 e. The lowest BCUT2D eigenvalue weighted by Gasteiger charge is -2.25. The molecule has 0 bridgehead atoms. The SMILES string of the molecule is Cc1cnc2c(c1)/C(=C\c1[nH]c(N3CCCCC3)nc1O)C=N2. The van der Waals surface area contributed by atoms with Crippen molar-refractivity contribution >= 4 is 29.6 Å². The Labute approximate surface area is 134 Å². The number of anilines is 1. The van der Waals surface area contributed by atoms with Crippen molar-refractivity contribution in [2.45, 2.75) is 26.2 Å². The van der Waals surface area contributed by atoms with Crippen LogP contribution in [0.5, 0.6) is 5.88 Å². The van der Waals surface area contributed by atoms with Crippen molar-refractivity contribution in [2.24, 2.45) is 4.99 Å². The van der Waals surface area contributed by atoms with E-state index in [4.69, 9.17) is 0 Å². The monoisotopic (exact) mass is 309 g/mol. The third kappa shape index (κ3) is 2.60. The zero-order chi connectivity index (χ0) is 15.8. The fourth-order valence-electron chi connectivity index (χ4n) is 3.07. The lowest BCUT2D eigenvalue weighted by atomic mass is 10.1. The lowest BCUT2D eigenvalue weighted by molar-refractivity contribution is 0.454. The number of pyridine rings is 1. The van der Waals surface area contributed by atoms with Crippen LogP contribution in [0.3, 0.4) is 0 Å². The number of aliphatic imine (C=N–C) groups is 1. The summed E-state index contributed by atoms with van der Waals surface area (Å²) < 4.78 is 0. The van der Waals surface area contributed by atoms with Crippen LogP contribution in [0.15, 0.2) is 17.3 Å². The molecule has 0 aliphatic carbocycles. The standard InChI is InChI=1S/C17H19N5O/c1-11-7-13-12(10-19-15(13)18-9-11)8-14-16(23)21-17(20-14)22-5-3-2-4-6-22/h7-10,23H,2-6H2,1H3,(H,20,21)/b12-8-. The number of aryl methyl sites for hydroxylation is 1. The molecule has 0 saturated carbocycles. The largest absolute Gasteiger partial charge is 0.492 e. The van der Waals surface area contributed by atoms with Gasteiger partial charge >= 0.3 is 0 Å². The minimum atomic E-state index is 0.0283. The number of imidazole rings is 1. The Balaban J connectivity index is 1.66. The van der Waals surface area contributed by atoms with Gasteiger partial charge in [-0.2, -0.15) is 4.98 Å². The molecule has 4 heterocycles. The number of allylic oxidation sites excluding steroid dienone is 1. The summed E-state index contributed by atoms with van der Waals surface area (Å²) >= 11 is 0. The van der Waals surface area contributed by atoms with Gasteiger partial charge in [0.25, 0.3) is 0 Å². The Morgan fingerprint density at radius 2 is 2.09 bits per heavy atom. The molecule has 0 spiro atoms. The molecule has 0 aromatic carbocycles. The first kappa shape index (κ1) is 14.0. The minimum absolute atomic E-state index is 0.0283. The van der Waals surface area contributed by atoms with Gasteiger partial charge in [0.2, 0.25) is 11.8 Å². The van der Waals surface area contributed by atoms with E-state index in [9.17, 15) is 5.11 Å². The number of hydrogen-bond donors (Lipinski definition) is 2. The van der Waals surface area contributed by atoms with Gasteiger partial charge in [0, 0.05) is 36.6 Å². The zero-order valence-electron chi connectivity index (χ0n) is 13.1. The van der Waals surface area contributed by atoms with E-state index in [0.717, 1.165) is 41.6 Å². The van der Waals surface area contributed by atoms with Crippen LogP contribution in [0.25, 0.3) is 11.6 Å². The fraction of sp³-hybridized carbons (Fsp3) is 0.353. The van der Waals surface area contributed by atoms with E-state index in [1.54, 1.807) is 12.4 Å². The quantitative estimate of drug-likeness (QED) is 0.893. The smallest absolute Gasteiger partial charge is 0.238 e. The lowest BCUT2D eigenvalue weighted by Crippen LogP contribution is -2.30. The van der Waals surface area contributed by atoms with Gasteiger partial charge in [-0.3, -0.25) is 0 Å². The van der Waals surface area contributed by atoms with Gasteiger partial charge < -0.3 is 15.0 Å². The molecule has 2 aromatic rings. The number of fused-ring (bicyclic) bond motifs is 1. The normalized spacial score (nSPS) is 18.7. The van der Waals surface area contributed by atoms with E-state index in [-0.39, 0.29) is 5.88 Å². The molecule has 2 aliphatic heterocycles. The van der Waals surface area contributed by atoms with Gasteiger partial charge in [0.05, 0.1) is 0 Å². The first-order valence-electron chi connectivity index (χ1n) is 7.97. The maximum atomic E-state index is 10.2. The number of hydrogen-bond acceptors (Lipinski definition) is 5. The zero-order valence-corrected chi connectivity index (χ0v) is 13.1. The summed E-state index contributed by atoms with van der Waals surface area (Å²) in [5, 5.41) is 10.2. The number of aromatic nitrogens is 3. The summed E-state index contributed by atoms with van der Waals surface area (Å²) in [4.78, 5) is 18.3. The number of H-pyrrole nitrogens is 1. The summed E-state index contributed by atoms with van der Waals surface area (Å²) in [6, 6.07) is 2.06. The first-order chi connectivity index (χ1) is 11.2. The number of nitrogens with zero attached hydrogens (tertiary/aromatic N) is 4. The van der Waals surface area contributed by atoms with Crippen molar-refractivity contribution in [1.29, 1.82) is 0 Å². The van der Waals surface area contributed by atoms with E-state index in [0.29, 0.717) is 5.69 Å². The highest BCUT2D eigenvalue weighted by Crippen LogP contribution is 2.33. The van der Waals surface area contributed by atoms with Crippen LogP contribution in [0, 0.1) is 6.92 Å². The molecule has 2 aliphatic rings. The minimum Gasteiger partial charge on any atom is -0.492 e. The molecule has 2 aromatic heterocycles. The Morgan fingerprint density at radius 3 is 2.91 bits per heavy atom. The Hall–Kier alpha value is -2.63. The second-order valence-electron chi connectivity index (χ2n) is 6.09. The highest BCUT2D eigenvalue weighted by molar-refractivity contribution is 6.21. The van der Waals surface area contributed by atoms with Crippen molar-refractivity contribution in [1.82, 2.24) is 15.0 Å². The molecule has 23 heavy (non-hydrogen) atoms. The van der Waals surface area contributed by atoms with E-state index in [1.807, 2.05) is 13.0 Å². The Kier molecular flexibility index (Phi) is 3.37. The summed E-state index contributed by atoms with van der Waals surface area (Å²) in [5.74, 6) is 1.49. The summed E-state index contributed by atoms with van der Waals surface area (Å²) in [6.07, 6.45) is 9.07. The number of rotatable bonds is 2. The van der Waals surface area contributed by atoms with E-state index in [1.165, 1.54) is 19.3 Å². The van der Waals surface area contributed by atoms with Crippen molar-refractivity contribution in [3.63, 3.8) is 0 Å². The molecule has 6 heteroatoms. The van der Waals surface area contributed by atoms with Crippen molar-refractivity contribution in [2.75, 3.05) is 18.0 Å². The van der Waals surface area contributed by atoms with Crippen LogP contribution < -0.4 is 4.90 Å². The average molecular weight is 309 g/mol. The number of aromatic amines is 1. The second kappa shape index (κ2) is 5.53. The third-order valence-electron chi connectivity index (χ3n) is 4.29. The van der Waals surface area contributed by atoms with Crippen LogP contribution in [-0.2, 0) is 0 Å². The molecular weight excluding hydrogens is 290 g/mol. The Morgan fingerprint density at radius 1 is 1.26 bits per heavy atom. The predicted octanol–water partition coefficient (Wildman–Crippen LogP) is 3.07. The molecule has 4 rings (SSSR count). The molecular formula is C17H19N5O. The average Bonchev–Trinajstić information content (AvgIpc) is 3.13. The summed E-state index contributed by atoms with van der Waals surface area (Å²) in [6.45, 7) is 3.97. The molecule has 0 amide bonds. The molecule has 2 N–H and O–H groups in total. The van der Waals surface area contributed by atoms with E-state index in [2.05, 4.69) is 30.9 Å². The number of aromatic hydroxyl groups is 1. The molecule has 1 saturated heterocycles. The van der Waals surface area contributed by atoms with Gasteiger partial charge in [-0.1, -0.05) is 0 Å². The number of nitrogens with one attached hydrogen (secondary N) is 1. The van der Waals surface area contributed by atoms with Gasteiger partial charge in [0.1, 0.15) is 5.69 Å². The highest BCUT2D eigenvalue weighted by atomic mass is 16.3. The highest BCUT2D eigenvalue weighted by Gasteiger charge is 2.18. The maximum absolute atomic E-state index is 10.2. The van der Waals surface area contributed by atoms with Crippen LogP contribution in [0.1, 0.15) is 36.1 Å². The number of piperidine rings is 1. The molecule has 0 atom stereocenters. The second-order valence-corrected chi connectivity index (χ2v) is 6.09. The summed E-state index contributed by atoms with van der Waals surface area (Å²) in [5.41, 5.74) is 3.61.